The molecule has 2 aromatic carbocycles. The van der Waals surface area contributed by atoms with E-state index in [1.54, 1.807) is 26.7 Å². The number of ether oxygens (including phenoxy) is 3. The number of rotatable bonds is 6. The summed E-state index contributed by atoms with van der Waals surface area (Å²) in [4.78, 5) is 15.7. The molecule has 0 spiro atoms. The molecular formula is C27H30N6O3. The Hall–Kier alpha value is -4.27. The highest BCUT2D eigenvalue weighted by molar-refractivity contribution is 5.64. The zero-order chi connectivity index (χ0) is 25.4. The number of imidazole rings is 1. The van der Waals surface area contributed by atoms with Crippen LogP contribution in [0, 0.1) is 20.8 Å². The van der Waals surface area contributed by atoms with Crippen LogP contribution in [0.3, 0.4) is 0 Å². The fraction of sp³-hybridized carbons (Fsp3) is 0.296. The lowest BCUT2D eigenvalue weighted by Crippen LogP contribution is -2.35. The Labute approximate surface area is 210 Å². The minimum Gasteiger partial charge on any atom is -0.496 e. The molecule has 1 atom stereocenters. The van der Waals surface area contributed by atoms with Crippen LogP contribution in [0.4, 0.5) is 17.5 Å². The van der Waals surface area contributed by atoms with Crippen molar-refractivity contribution in [2.75, 3.05) is 38.1 Å². The van der Waals surface area contributed by atoms with Gasteiger partial charge in [-0.05, 0) is 61.7 Å². The van der Waals surface area contributed by atoms with Gasteiger partial charge >= 0.3 is 0 Å². The summed E-state index contributed by atoms with van der Waals surface area (Å²) < 4.78 is 19.1. The van der Waals surface area contributed by atoms with Crippen molar-refractivity contribution in [3.63, 3.8) is 0 Å². The third kappa shape index (κ3) is 4.28. The van der Waals surface area contributed by atoms with Crippen molar-refractivity contribution in [2.24, 2.45) is 0 Å². The van der Waals surface area contributed by atoms with Gasteiger partial charge in [0.25, 0.3) is 0 Å². The van der Waals surface area contributed by atoms with E-state index in [4.69, 9.17) is 19.2 Å². The minimum atomic E-state index is 0.0165. The second-order valence-electron chi connectivity index (χ2n) is 8.93. The summed E-state index contributed by atoms with van der Waals surface area (Å²) in [7, 11) is 5.38. The van der Waals surface area contributed by atoms with Crippen molar-refractivity contribution in [3.05, 3.63) is 71.4 Å². The first kappa shape index (κ1) is 23.5. The lowest BCUT2D eigenvalue weighted by atomic mass is 9.97. The molecule has 1 N–H and O–H groups in total. The number of likely N-dealkylation sites (N-methyl/N-ethyl adjacent to an activating group) is 1. The van der Waals surface area contributed by atoms with Gasteiger partial charge in [0.15, 0.2) is 11.6 Å². The van der Waals surface area contributed by atoms with E-state index in [9.17, 15) is 0 Å². The number of anilines is 3. The molecule has 5 rings (SSSR count). The van der Waals surface area contributed by atoms with E-state index in [2.05, 4.69) is 46.2 Å². The number of fused-ring (bicyclic) bond motifs is 1. The Balaban J connectivity index is 1.41. The quantitative estimate of drug-likeness (QED) is 0.411. The van der Waals surface area contributed by atoms with Gasteiger partial charge in [-0.25, -0.2) is 9.97 Å². The molecule has 0 bridgehead atoms. The predicted octanol–water partition coefficient (Wildman–Crippen LogP) is 4.92. The van der Waals surface area contributed by atoms with Crippen LogP contribution in [0.25, 0.3) is 5.69 Å². The maximum Gasteiger partial charge on any atom is 0.229 e. The molecular weight excluding hydrogens is 456 g/mol. The number of aromatic nitrogens is 4. The zero-order valence-corrected chi connectivity index (χ0v) is 21.4. The van der Waals surface area contributed by atoms with E-state index >= 15 is 0 Å². The van der Waals surface area contributed by atoms with Crippen LogP contribution < -0.4 is 24.4 Å². The van der Waals surface area contributed by atoms with Crippen LogP contribution >= 0.6 is 0 Å². The summed E-state index contributed by atoms with van der Waals surface area (Å²) in [6.07, 6.45) is 5.43. The Morgan fingerprint density at radius 3 is 2.53 bits per heavy atom. The summed E-state index contributed by atoms with van der Waals surface area (Å²) in [5.74, 6) is 3.45. The monoisotopic (exact) mass is 486 g/mol. The first-order valence-corrected chi connectivity index (χ1v) is 11.7. The van der Waals surface area contributed by atoms with Gasteiger partial charge in [0, 0.05) is 25.0 Å². The molecule has 0 aliphatic carbocycles. The van der Waals surface area contributed by atoms with E-state index in [-0.39, 0.29) is 6.04 Å². The average molecular weight is 487 g/mol. The summed E-state index contributed by atoms with van der Waals surface area (Å²) in [5.41, 5.74) is 6.07. The number of aryl methyl sites for hydroxylation is 3. The maximum absolute atomic E-state index is 6.07. The van der Waals surface area contributed by atoms with Gasteiger partial charge in [-0.2, -0.15) is 4.98 Å². The molecule has 1 aliphatic rings. The second-order valence-corrected chi connectivity index (χ2v) is 8.93. The highest BCUT2D eigenvalue weighted by Gasteiger charge is 2.29. The van der Waals surface area contributed by atoms with Crippen molar-refractivity contribution < 1.29 is 14.2 Å². The van der Waals surface area contributed by atoms with Crippen LogP contribution in [-0.2, 0) is 0 Å². The van der Waals surface area contributed by atoms with Gasteiger partial charge in [0.05, 0.1) is 44.2 Å². The van der Waals surface area contributed by atoms with Gasteiger partial charge < -0.3 is 29.0 Å². The summed E-state index contributed by atoms with van der Waals surface area (Å²) in [5, 5.41) is 3.30. The van der Waals surface area contributed by atoms with E-state index in [1.165, 1.54) is 5.56 Å². The standard InChI is InChI=1S/C27H30N6O3/c1-16-10-23(34-5)17(2)9-20(16)22-14-36-25-12-28-27(31-26(25)32(22)4)30-19-7-8-21(24(11-19)35-6)33-13-18(3)29-15-33/h7-13,15,22H,14H2,1-6H3,(H,28,30,31). The fourth-order valence-corrected chi connectivity index (χ4v) is 4.54. The number of hydrogen-bond acceptors (Lipinski definition) is 8. The molecule has 4 aromatic rings. The van der Waals surface area contributed by atoms with Gasteiger partial charge in [-0.1, -0.05) is 0 Å². The summed E-state index contributed by atoms with van der Waals surface area (Å²) in [6, 6.07) is 10.1. The highest BCUT2D eigenvalue weighted by Crippen LogP contribution is 2.39. The van der Waals surface area contributed by atoms with E-state index in [1.807, 2.05) is 42.9 Å². The van der Waals surface area contributed by atoms with E-state index < -0.39 is 0 Å². The number of benzene rings is 2. The minimum absolute atomic E-state index is 0.0165. The van der Waals surface area contributed by atoms with Crippen molar-refractivity contribution in [2.45, 2.75) is 26.8 Å². The molecule has 0 saturated carbocycles. The zero-order valence-electron chi connectivity index (χ0n) is 21.4. The van der Waals surface area contributed by atoms with E-state index in [0.717, 1.165) is 39.8 Å². The van der Waals surface area contributed by atoms with Crippen molar-refractivity contribution >= 4 is 17.5 Å². The number of hydrogen-bond donors (Lipinski definition) is 1. The molecule has 3 heterocycles. The molecule has 1 unspecified atom stereocenters. The molecule has 1 aliphatic heterocycles. The molecule has 0 saturated heterocycles. The van der Waals surface area contributed by atoms with Gasteiger partial charge in [0.2, 0.25) is 5.95 Å². The molecule has 0 radical (unpaired) electrons. The fourth-order valence-electron chi connectivity index (χ4n) is 4.54. The molecule has 186 valence electrons. The molecule has 2 aromatic heterocycles. The SMILES string of the molecule is COc1cc(C)c(C2COc3cnc(Nc4ccc(-n5cnc(C)c5)c(OC)c4)nc3N2C)cc1C. The molecule has 0 fully saturated rings. The van der Waals surface area contributed by atoms with Crippen LogP contribution in [0.15, 0.2) is 49.1 Å². The third-order valence-corrected chi connectivity index (χ3v) is 6.50. The lowest BCUT2D eigenvalue weighted by molar-refractivity contribution is 0.264. The van der Waals surface area contributed by atoms with Crippen LogP contribution in [0.2, 0.25) is 0 Å². The predicted molar refractivity (Wildman–Crippen MR) is 139 cm³/mol. The average Bonchev–Trinajstić information content (AvgIpc) is 3.31. The van der Waals surface area contributed by atoms with Crippen LogP contribution in [0.5, 0.6) is 17.2 Å². The Morgan fingerprint density at radius 2 is 1.81 bits per heavy atom. The normalized spacial score (nSPS) is 14.7. The Morgan fingerprint density at radius 1 is 1.00 bits per heavy atom. The third-order valence-electron chi connectivity index (χ3n) is 6.50. The summed E-state index contributed by atoms with van der Waals surface area (Å²) in [6.45, 7) is 6.61. The first-order valence-electron chi connectivity index (χ1n) is 11.7. The molecule has 9 heteroatoms. The maximum atomic E-state index is 6.07. The second kappa shape index (κ2) is 9.41. The van der Waals surface area contributed by atoms with Crippen molar-refractivity contribution in [1.82, 2.24) is 19.5 Å². The van der Waals surface area contributed by atoms with Gasteiger partial charge in [-0.3, -0.25) is 0 Å². The molecule has 0 amide bonds. The number of nitrogens with zero attached hydrogens (tertiary/aromatic N) is 5. The smallest absolute Gasteiger partial charge is 0.229 e. The van der Waals surface area contributed by atoms with Gasteiger partial charge in [0.1, 0.15) is 18.1 Å². The van der Waals surface area contributed by atoms with Crippen molar-refractivity contribution in [1.29, 1.82) is 0 Å². The van der Waals surface area contributed by atoms with Crippen molar-refractivity contribution in [3.8, 4) is 22.9 Å². The van der Waals surface area contributed by atoms with Crippen LogP contribution in [0.1, 0.15) is 28.4 Å². The molecule has 36 heavy (non-hydrogen) atoms. The highest BCUT2D eigenvalue weighted by atomic mass is 16.5. The topological polar surface area (TPSA) is 86.6 Å². The van der Waals surface area contributed by atoms with Gasteiger partial charge in [-0.15, -0.1) is 0 Å². The van der Waals surface area contributed by atoms with E-state index in [0.29, 0.717) is 24.1 Å². The van der Waals surface area contributed by atoms with Crippen LogP contribution in [-0.4, -0.2) is 47.4 Å². The number of nitrogens with one attached hydrogen (secondary N) is 1. The summed E-state index contributed by atoms with van der Waals surface area (Å²) >= 11 is 0. The largest absolute Gasteiger partial charge is 0.496 e. The lowest BCUT2D eigenvalue weighted by Gasteiger charge is -2.36. The Bertz CT molecular complexity index is 1420. The Kier molecular flexibility index (Phi) is 6.13. The molecule has 9 nitrogen and oxygen atoms in total. The first-order chi connectivity index (χ1) is 17.4. The number of methoxy groups -OCH3 is 2.